The lowest BCUT2D eigenvalue weighted by molar-refractivity contribution is 0.0829. The summed E-state index contributed by atoms with van der Waals surface area (Å²) in [6.07, 6.45) is -0.357. The van der Waals surface area contributed by atoms with Gasteiger partial charge in [-0.25, -0.2) is 21.9 Å². The molecule has 5 N–H and O–H groups in total. The van der Waals surface area contributed by atoms with Gasteiger partial charge in [0, 0.05) is 24.7 Å². The van der Waals surface area contributed by atoms with Gasteiger partial charge in [0.1, 0.15) is 11.6 Å². The van der Waals surface area contributed by atoms with Crippen molar-refractivity contribution in [1.29, 1.82) is 0 Å². The number of aliphatic hydroxyl groups is 2. The Morgan fingerprint density at radius 2 is 1.61 bits per heavy atom. The van der Waals surface area contributed by atoms with Crippen LogP contribution in [0.2, 0.25) is 0 Å². The van der Waals surface area contributed by atoms with E-state index in [9.17, 15) is 32.2 Å². The van der Waals surface area contributed by atoms with Crippen LogP contribution in [0.3, 0.4) is 0 Å². The molecule has 41 heavy (non-hydrogen) atoms. The Bertz CT molecular complexity index is 1430. The van der Waals surface area contributed by atoms with E-state index in [-0.39, 0.29) is 29.0 Å². The van der Waals surface area contributed by atoms with Gasteiger partial charge in [-0.3, -0.25) is 4.79 Å². The Balaban J connectivity index is 1.79. The lowest BCUT2D eigenvalue weighted by Gasteiger charge is -2.25. The molecule has 0 bridgehead atoms. The summed E-state index contributed by atoms with van der Waals surface area (Å²) >= 11 is 0. The van der Waals surface area contributed by atoms with Crippen molar-refractivity contribution in [3.8, 4) is 0 Å². The van der Waals surface area contributed by atoms with Crippen molar-refractivity contribution in [2.45, 2.75) is 62.7 Å². The molecule has 3 aromatic carbocycles. The summed E-state index contributed by atoms with van der Waals surface area (Å²) in [6, 6.07) is 15.3. The fraction of sp³-hybridized carbons (Fsp3) is 0.367. The molecule has 0 saturated heterocycles. The number of carbonyl (C=O) groups is 1. The zero-order valence-electron chi connectivity index (χ0n) is 23.3. The Labute approximate surface area is 239 Å². The summed E-state index contributed by atoms with van der Waals surface area (Å²) in [5.41, 5.74) is 1.29. The third-order valence-electron chi connectivity index (χ3n) is 6.45. The topological polar surface area (TPSA) is 128 Å². The second-order valence-electron chi connectivity index (χ2n) is 10.6. The molecule has 0 radical (unpaired) electrons. The molecule has 0 aliphatic carbocycles. The van der Waals surface area contributed by atoms with E-state index < -0.39 is 51.9 Å². The molecule has 0 aliphatic rings. The fourth-order valence-corrected chi connectivity index (χ4v) is 5.69. The monoisotopic (exact) mass is 589 g/mol. The second-order valence-corrected chi connectivity index (χ2v) is 12.3. The quantitative estimate of drug-likeness (QED) is 0.197. The van der Waals surface area contributed by atoms with Crippen LogP contribution in [0, 0.1) is 11.6 Å². The van der Waals surface area contributed by atoms with Gasteiger partial charge in [0.25, 0.3) is 5.91 Å². The van der Waals surface area contributed by atoms with Crippen LogP contribution < -0.4 is 15.4 Å². The highest BCUT2D eigenvalue weighted by atomic mass is 32.2. The molecule has 8 nitrogen and oxygen atoms in total. The molecular weight excluding hydrogens is 552 g/mol. The first-order chi connectivity index (χ1) is 19.3. The average molecular weight is 590 g/mol. The number of rotatable bonds is 14. The first-order valence-electron chi connectivity index (χ1n) is 13.3. The predicted octanol–water partition coefficient (Wildman–Crippen LogP) is 3.07. The smallest absolute Gasteiger partial charge is 0.251 e. The van der Waals surface area contributed by atoms with E-state index in [0.29, 0.717) is 6.54 Å². The van der Waals surface area contributed by atoms with Crippen LogP contribution in [-0.2, 0) is 29.4 Å². The van der Waals surface area contributed by atoms with Gasteiger partial charge in [-0.1, -0.05) is 37.3 Å². The summed E-state index contributed by atoms with van der Waals surface area (Å²) in [4.78, 5) is 13.0. The third kappa shape index (κ3) is 9.68. The highest BCUT2D eigenvalue weighted by Gasteiger charge is 2.27. The van der Waals surface area contributed by atoms with Gasteiger partial charge in [-0.05, 0) is 73.7 Å². The zero-order valence-corrected chi connectivity index (χ0v) is 24.1. The number of carbonyl (C=O) groups excluding carboxylic acids is 1. The lowest BCUT2D eigenvalue weighted by Crippen LogP contribution is -2.48. The second kappa shape index (κ2) is 14.1. The molecule has 222 valence electrons. The van der Waals surface area contributed by atoms with Gasteiger partial charge in [-0.15, -0.1) is 0 Å². The van der Waals surface area contributed by atoms with Crippen molar-refractivity contribution in [2.24, 2.45) is 0 Å². The molecule has 0 spiro atoms. The van der Waals surface area contributed by atoms with Crippen LogP contribution in [0.4, 0.5) is 8.78 Å². The minimum atomic E-state index is -4.07. The third-order valence-corrected chi connectivity index (χ3v) is 8.15. The molecule has 0 aromatic heterocycles. The molecular formula is C30H37F2N3O5S. The van der Waals surface area contributed by atoms with Gasteiger partial charge >= 0.3 is 0 Å². The number of aryl methyl sites for hydroxylation is 1. The first kappa shape index (κ1) is 32.3. The van der Waals surface area contributed by atoms with Gasteiger partial charge in [0.05, 0.1) is 29.2 Å². The standard InChI is InChI=1S/C30H37F2N3O5S/c1-4-20-7-5-8-21(11-20)17-33-18-28(37)27(14-22-12-24(31)16-25(32)13-22)34-29(38)23-9-6-10-26(15-23)41(39,40)35-30(2,3)19-36/h5-13,15-16,27-28,33,35-37H,4,14,17-19H2,1-3H3,(H,34,38). The van der Waals surface area contributed by atoms with Gasteiger partial charge < -0.3 is 20.8 Å². The Morgan fingerprint density at radius 1 is 0.951 bits per heavy atom. The molecule has 1 amide bonds. The van der Waals surface area contributed by atoms with Gasteiger partial charge in [0.2, 0.25) is 10.0 Å². The molecule has 0 saturated carbocycles. The molecule has 11 heteroatoms. The van der Waals surface area contributed by atoms with E-state index in [4.69, 9.17) is 0 Å². The highest BCUT2D eigenvalue weighted by Crippen LogP contribution is 2.17. The van der Waals surface area contributed by atoms with Crippen molar-refractivity contribution < 1.29 is 32.2 Å². The van der Waals surface area contributed by atoms with Crippen molar-refractivity contribution in [3.05, 3.63) is 101 Å². The normalized spacial score (nSPS) is 13.5. The Morgan fingerprint density at radius 3 is 2.27 bits per heavy atom. The maximum absolute atomic E-state index is 13.9. The van der Waals surface area contributed by atoms with Crippen molar-refractivity contribution in [1.82, 2.24) is 15.4 Å². The number of halogens is 2. The number of amides is 1. The minimum absolute atomic E-state index is 0.00152. The average Bonchev–Trinajstić information content (AvgIpc) is 2.91. The van der Waals surface area contributed by atoms with Gasteiger partial charge in [-0.2, -0.15) is 0 Å². The Hall–Kier alpha value is -3.22. The Kier molecular flexibility index (Phi) is 11.1. The number of aliphatic hydroxyl groups excluding tert-OH is 2. The summed E-state index contributed by atoms with van der Waals surface area (Å²) in [7, 11) is -4.07. The van der Waals surface area contributed by atoms with Crippen molar-refractivity contribution in [3.63, 3.8) is 0 Å². The van der Waals surface area contributed by atoms with Crippen LogP contribution in [0.25, 0.3) is 0 Å². The number of hydrogen-bond acceptors (Lipinski definition) is 6. The fourth-order valence-electron chi connectivity index (χ4n) is 4.24. The maximum atomic E-state index is 13.9. The SMILES string of the molecule is CCc1cccc(CNCC(O)C(Cc2cc(F)cc(F)c2)NC(=O)c2cccc(S(=O)(=O)NC(C)(C)CO)c2)c1. The largest absolute Gasteiger partial charge is 0.394 e. The molecule has 2 unspecified atom stereocenters. The first-order valence-corrected chi connectivity index (χ1v) is 14.8. The summed E-state index contributed by atoms with van der Waals surface area (Å²) in [5.74, 6) is -2.26. The van der Waals surface area contributed by atoms with E-state index in [0.717, 1.165) is 30.2 Å². The van der Waals surface area contributed by atoms with Gasteiger partial charge in [0.15, 0.2) is 0 Å². The van der Waals surface area contributed by atoms with Crippen molar-refractivity contribution in [2.75, 3.05) is 13.2 Å². The number of benzene rings is 3. The molecule has 2 atom stereocenters. The van der Waals surface area contributed by atoms with Crippen LogP contribution in [-0.4, -0.2) is 55.4 Å². The van der Waals surface area contributed by atoms with Crippen LogP contribution in [0.15, 0.2) is 71.6 Å². The predicted molar refractivity (Wildman–Crippen MR) is 153 cm³/mol. The lowest BCUT2D eigenvalue weighted by atomic mass is 10.00. The maximum Gasteiger partial charge on any atom is 0.251 e. The molecule has 0 fully saturated rings. The number of hydrogen-bond donors (Lipinski definition) is 5. The van der Waals surface area contributed by atoms with E-state index in [2.05, 4.69) is 22.3 Å². The van der Waals surface area contributed by atoms with E-state index >= 15 is 0 Å². The number of nitrogens with one attached hydrogen (secondary N) is 3. The molecule has 3 aromatic rings. The van der Waals surface area contributed by atoms with Crippen LogP contribution >= 0.6 is 0 Å². The van der Waals surface area contributed by atoms with Crippen molar-refractivity contribution >= 4 is 15.9 Å². The van der Waals surface area contributed by atoms with E-state index in [1.165, 1.54) is 43.7 Å². The molecule has 0 aliphatic heterocycles. The summed E-state index contributed by atoms with van der Waals surface area (Å²) in [5, 5.41) is 26.3. The van der Waals surface area contributed by atoms with E-state index in [1.54, 1.807) is 0 Å². The number of sulfonamides is 1. The minimum Gasteiger partial charge on any atom is -0.394 e. The molecule has 3 rings (SSSR count). The van der Waals surface area contributed by atoms with E-state index in [1.807, 2.05) is 24.3 Å². The van der Waals surface area contributed by atoms with Crippen LogP contribution in [0.1, 0.15) is 47.8 Å². The zero-order chi connectivity index (χ0) is 30.2. The highest BCUT2D eigenvalue weighted by molar-refractivity contribution is 7.89. The summed E-state index contributed by atoms with van der Waals surface area (Å²) < 4.78 is 55.8. The summed E-state index contributed by atoms with van der Waals surface area (Å²) in [6.45, 7) is 5.15. The molecule has 0 heterocycles. The van der Waals surface area contributed by atoms with Crippen LogP contribution in [0.5, 0.6) is 0 Å².